The smallest absolute Gasteiger partial charge is 0.150 e. The zero-order valence-electron chi connectivity index (χ0n) is 10.0. The molecule has 2 rings (SSSR count). The lowest BCUT2D eigenvalue weighted by Crippen LogP contribution is -2.06. The van der Waals surface area contributed by atoms with Gasteiger partial charge in [0.05, 0.1) is 0 Å². The maximum Gasteiger partial charge on any atom is 0.150 e. The van der Waals surface area contributed by atoms with Gasteiger partial charge in [-0.2, -0.15) is 0 Å². The molecule has 1 N–H and O–H groups in total. The maximum absolute atomic E-state index is 10.5. The van der Waals surface area contributed by atoms with E-state index < -0.39 is 0 Å². The number of carbonyl (C=O) groups excluding carboxylic acids is 1. The van der Waals surface area contributed by atoms with Gasteiger partial charge in [-0.15, -0.1) is 0 Å². The molecule has 1 aliphatic carbocycles. The van der Waals surface area contributed by atoms with Crippen LogP contribution in [0.3, 0.4) is 0 Å². The Labute approximate surface area is 106 Å². The van der Waals surface area contributed by atoms with Crippen molar-refractivity contribution in [3.8, 4) is 0 Å². The molecule has 1 saturated carbocycles. The van der Waals surface area contributed by atoms with Crippen LogP contribution in [0.2, 0.25) is 0 Å². The van der Waals surface area contributed by atoms with Crippen LogP contribution in [0.15, 0.2) is 16.6 Å². The van der Waals surface area contributed by atoms with Crippen LogP contribution in [-0.2, 0) is 0 Å². The van der Waals surface area contributed by atoms with Gasteiger partial charge in [-0.3, -0.25) is 4.79 Å². The molecule has 0 aromatic heterocycles. The average Bonchev–Trinajstić information content (AvgIpc) is 3.07. The van der Waals surface area contributed by atoms with Gasteiger partial charge in [-0.1, -0.05) is 22.0 Å². The summed E-state index contributed by atoms with van der Waals surface area (Å²) in [4.78, 5) is 10.5. The summed E-state index contributed by atoms with van der Waals surface area (Å²) in [6.07, 6.45) is 3.67. The first-order valence-corrected chi connectivity index (χ1v) is 6.27. The molecule has 1 aromatic carbocycles. The number of carbonyl (C=O) groups is 1. The highest BCUT2D eigenvalue weighted by molar-refractivity contribution is 9.10. The summed E-state index contributed by atoms with van der Waals surface area (Å²) in [6.45, 7) is 3.94. The number of hydrogen-bond donors (Lipinski definition) is 1. The van der Waals surface area contributed by atoms with Crippen molar-refractivity contribution in [2.75, 3.05) is 7.05 Å². The van der Waals surface area contributed by atoms with Crippen molar-refractivity contribution in [3.05, 3.63) is 33.3 Å². The van der Waals surface area contributed by atoms with E-state index in [9.17, 15) is 4.79 Å². The van der Waals surface area contributed by atoms with Gasteiger partial charge in [0.15, 0.2) is 0 Å². The second-order valence-corrected chi connectivity index (χ2v) is 4.99. The highest BCUT2D eigenvalue weighted by Crippen LogP contribution is 2.19. The number of hydrogen-bond acceptors (Lipinski definition) is 2. The van der Waals surface area contributed by atoms with Gasteiger partial charge < -0.3 is 5.32 Å². The quantitative estimate of drug-likeness (QED) is 0.845. The molecule has 0 amide bonds. The fraction of sp³-hybridized carbons (Fsp3) is 0.462. The van der Waals surface area contributed by atoms with E-state index in [0.29, 0.717) is 0 Å². The number of aldehydes is 1. The largest absolute Gasteiger partial charge is 0.317 e. The van der Waals surface area contributed by atoms with Crippen LogP contribution in [-0.4, -0.2) is 19.4 Å². The minimum atomic E-state index is 0.752. The molecule has 0 heterocycles. The van der Waals surface area contributed by atoms with Crippen LogP contribution in [0.25, 0.3) is 0 Å². The summed E-state index contributed by atoms with van der Waals surface area (Å²) in [5.41, 5.74) is 2.94. The summed E-state index contributed by atoms with van der Waals surface area (Å²) in [5.74, 6) is 0. The van der Waals surface area contributed by atoms with Gasteiger partial charge in [0.2, 0.25) is 0 Å². The van der Waals surface area contributed by atoms with E-state index in [1.807, 2.05) is 33.0 Å². The van der Waals surface area contributed by atoms with E-state index in [2.05, 4.69) is 21.2 Å². The van der Waals surface area contributed by atoms with Crippen molar-refractivity contribution in [1.29, 1.82) is 0 Å². The average molecular weight is 284 g/mol. The molecule has 0 saturated heterocycles. The Bertz CT molecular complexity index is 372. The fourth-order valence-electron chi connectivity index (χ4n) is 1.34. The monoisotopic (exact) mass is 283 g/mol. The Kier molecular flexibility index (Phi) is 5.16. The highest BCUT2D eigenvalue weighted by atomic mass is 79.9. The van der Waals surface area contributed by atoms with E-state index in [0.717, 1.165) is 33.5 Å². The molecule has 0 aliphatic heterocycles. The molecule has 3 heteroatoms. The number of halogens is 1. The first kappa shape index (κ1) is 13.4. The van der Waals surface area contributed by atoms with Crippen molar-refractivity contribution < 1.29 is 4.79 Å². The molecule has 0 spiro atoms. The normalized spacial score (nSPS) is 14.0. The Morgan fingerprint density at radius 2 is 1.94 bits per heavy atom. The minimum absolute atomic E-state index is 0.752. The Balaban J connectivity index is 0.000000212. The molecule has 0 atom stereocenters. The number of aryl methyl sites for hydroxylation is 2. The standard InChI is InChI=1S/C9H9BrO.C4H9N/c1-6-3-7(2)9(10)4-8(6)5-11;1-5-4-2-3-4/h3-5H,1-2H3;4-5H,2-3H2,1H3. The second kappa shape index (κ2) is 6.16. The van der Waals surface area contributed by atoms with Crippen LogP contribution < -0.4 is 5.32 Å². The molecular formula is C13H18BrNO. The van der Waals surface area contributed by atoms with Gasteiger partial charge >= 0.3 is 0 Å². The van der Waals surface area contributed by atoms with Crippen molar-refractivity contribution in [2.24, 2.45) is 0 Å². The van der Waals surface area contributed by atoms with Gasteiger partial charge in [0.1, 0.15) is 6.29 Å². The van der Waals surface area contributed by atoms with E-state index in [-0.39, 0.29) is 0 Å². The summed E-state index contributed by atoms with van der Waals surface area (Å²) in [5, 5.41) is 3.14. The molecule has 0 bridgehead atoms. The van der Waals surface area contributed by atoms with Crippen LogP contribution in [0.1, 0.15) is 34.3 Å². The molecular weight excluding hydrogens is 266 g/mol. The number of rotatable bonds is 2. The van der Waals surface area contributed by atoms with E-state index in [4.69, 9.17) is 0 Å². The van der Waals surface area contributed by atoms with E-state index in [1.54, 1.807) is 0 Å². The SMILES string of the molecule is CNC1CC1.Cc1cc(C)c(C=O)cc1Br. The highest BCUT2D eigenvalue weighted by Gasteiger charge is 2.17. The molecule has 1 aliphatic rings. The maximum atomic E-state index is 10.5. The van der Waals surface area contributed by atoms with Crippen molar-refractivity contribution >= 4 is 22.2 Å². The van der Waals surface area contributed by atoms with Gasteiger partial charge in [-0.25, -0.2) is 0 Å². The molecule has 88 valence electrons. The molecule has 1 aromatic rings. The summed E-state index contributed by atoms with van der Waals surface area (Å²) in [7, 11) is 2.01. The first-order chi connectivity index (χ1) is 7.58. The molecule has 0 unspecified atom stereocenters. The summed E-state index contributed by atoms with van der Waals surface area (Å²) >= 11 is 3.36. The molecule has 16 heavy (non-hydrogen) atoms. The molecule has 1 fully saturated rings. The Morgan fingerprint density at radius 1 is 1.31 bits per heavy atom. The van der Waals surface area contributed by atoms with Crippen LogP contribution in [0, 0.1) is 13.8 Å². The van der Waals surface area contributed by atoms with Gasteiger partial charge in [0, 0.05) is 16.1 Å². The minimum Gasteiger partial charge on any atom is -0.317 e. The lowest BCUT2D eigenvalue weighted by Gasteiger charge is -2.01. The lowest BCUT2D eigenvalue weighted by molar-refractivity contribution is 0.112. The molecule has 0 radical (unpaired) electrons. The van der Waals surface area contributed by atoms with E-state index in [1.165, 1.54) is 12.8 Å². The summed E-state index contributed by atoms with van der Waals surface area (Å²) < 4.78 is 0.991. The van der Waals surface area contributed by atoms with Crippen molar-refractivity contribution in [3.63, 3.8) is 0 Å². The van der Waals surface area contributed by atoms with Gasteiger partial charge in [-0.05, 0) is 50.9 Å². The van der Waals surface area contributed by atoms with Gasteiger partial charge in [0.25, 0.3) is 0 Å². The second-order valence-electron chi connectivity index (χ2n) is 4.14. The molecule has 2 nitrogen and oxygen atoms in total. The fourth-order valence-corrected chi connectivity index (χ4v) is 1.70. The predicted octanol–water partition coefficient (Wildman–Crippen LogP) is 3.25. The Hall–Kier alpha value is -0.670. The topological polar surface area (TPSA) is 29.1 Å². The van der Waals surface area contributed by atoms with E-state index >= 15 is 0 Å². The predicted molar refractivity (Wildman–Crippen MR) is 71.1 cm³/mol. The zero-order valence-corrected chi connectivity index (χ0v) is 11.6. The van der Waals surface area contributed by atoms with Crippen molar-refractivity contribution in [2.45, 2.75) is 32.7 Å². The Morgan fingerprint density at radius 3 is 2.31 bits per heavy atom. The van der Waals surface area contributed by atoms with Crippen molar-refractivity contribution in [1.82, 2.24) is 5.32 Å². The number of nitrogens with one attached hydrogen (secondary N) is 1. The number of benzene rings is 1. The van der Waals surface area contributed by atoms with Crippen LogP contribution in [0.5, 0.6) is 0 Å². The van der Waals surface area contributed by atoms with Crippen LogP contribution in [0.4, 0.5) is 0 Å². The third-order valence-corrected chi connectivity index (χ3v) is 3.51. The third kappa shape index (κ3) is 4.06. The zero-order chi connectivity index (χ0) is 12.1. The summed E-state index contributed by atoms with van der Waals surface area (Å²) in [6, 6.07) is 4.72. The third-order valence-electron chi connectivity index (χ3n) is 2.66. The van der Waals surface area contributed by atoms with Crippen LogP contribution >= 0.6 is 15.9 Å². The lowest BCUT2D eigenvalue weighted by atomic mass is 10.1. The first-order valence-electron chi connectivity index (χ1n) is 5.47.